The summed E-state index contributed by atoms with van der Waals surface area (Å²) in [7, 11) is 1.23. The van der Waals surface area contributed by atoms with Gasteiger partial charge in [0.2, 0.25) is 0 Å². The second-order valence-corrected chi connectivity index (χ2v) is 5.23. The zero-order valence-corrected chi connectivity index (χ0v) is 12.9. The Balaban J connectivity index is 2.96. The summed E-state index contributed by atoms with van der Waals surface area (Å²) in [5.74, 6) is -1.28. The lowest BCUT2D eigenvalue weighted by molar-refractivity contribution is 0.0599. The number of H-pyrrole nitrogens is 1. The van der Waals surface area contributed by atoms with Crippen LogP contribution >= 0.6 is 0 Å². The Kier molecular flexibility index (Phi) is 4.60. The molecule has 0 aliphatic rings. The number of carbonyl (C=O) groups is 1. The average Bonchev–Trinajstić information content (AvgIpc) is 2.53. The van der Waals surface area contributed by atoms with Crippen molar-refractivity contribution in [3.8, 4) is 11.1 Å². The summed E-state index contributed by atoms with van der Waals surface area (Å²) in [5.41, 5.74) is 0.274. The van der Waals surface area contributed by atoms with E-state index in [1.165, 1.54) is 31.4 Å². The number of rotatable bonds is 3. The molecule has 0 aliphatic carbocycles. The van der Waals surface area contributed by atoms with Crippen molar-refractivity contribution < 1.29 is 13.9 Å². The maximum Gasteiger partial charge on any atom is 0.338 e. The Labute approximate surface area is 132 Å². The molecule has 6 heteroatoms. The summed E-state index contributed by atoms with van der Waals surface area (Å²) in [4.78, 5) is 30.3. The first-order valence-corrected chi connectivity index (χ1v) is 6.92. The molecular formula is C17H15FN2O3. The number of nitrogens with one attached hydrogen (secondary N) is 1. The zero-order valence-electron chi connectivity index (χ0n) is 12.9. The smallest absolute Gasteiger partial charge is 0.338 e. The third-order valence-corrected chi connectivity index (χ3v) is 3.43. The molecule has 2 aromatic rings. The van der Waals surface area contributed by atoms with Gasteiger partial charge in [-0.1, -0.05) is 26.0 Å². The van der Waals surface area contributed by atoms with E-state index in [1.54, 1.807) is 0 Å². The van der Waals surface area contributed by atoms with Crippen LogP contribution < -0.4 is 5.56 Å². The molecule has 23 heavy (non-hydrogen) atoms. The Morgan fingerprint density at radius 2 is 1.91 bits per heavy atom. The molecule has 0 fully saturated rings. The lowest BCUT2D eigenvalue weighted by Crippen LogP contribution is -2.18. The summed E-state index contributed by atoms with van der Waals surface area (Å²) in [5, 5.41) is 0. The van der Waals surface area contributed by atoms with Crippen LogP contribution in [0, 0.1) is 12.4 Å². The molecule has 0 bridgehead atoms. The van der Waals surface area contributed by atoms with Gasteiger partial charge in [-0.25, -0.2) is 14.0 Å². The van der Waals surface area contributed by atoms with Gasteiger partial charge in [0.05, 0.1) is 19.2 Å². The molecule has 1 heterocycles. The van der Waals surface area contributed by atoms with E-state index >= 15 is 0 Å². The van der Waals surface area contributed by atoms with Gasteiger partial charge < -0.3 is 9.72 Å². The Morgan fingerprint density at radius 1 is 1.30 bits per heavy atom. The third kappa shape index (κ3) is 2.99. The van der Waals surface area contributed by atoms with Gasteiger partial charge in [-0.05, 0) is 23.6 Å². The number of nitrogens with zero attached hydrogens (tertiary/aromatic N) is 1. The molecule has 0 aliphatic heterocycles. The maximum atomic E-state index is 13.2. The van der Waals surface area contributed by atoms with E-state index < -0.39 is 17.3 Å². The first-order chi connectivity index (χ1) is 10.9. The fourth-order valence-corrected chi connectivity index (χ4v) is 2.36. The SMILES string of the molecule is [C-]#[N+]c1c(-c2ccc(F)cc2)c(C(=O)OC)c(C(C)C)[nH]c1=O. The van der Waals surface area contributed by atoms with Gasteiger partial charge >= 0.3 is 5.97 Å². The number of ether oxygens (including phenoxy) is 1. The summed E-state index contributed by atoms with van der Waals surface area (Å²) < 4.78 is 18.0. The zero-order chi connectivity index (χ0) is 17.1. The summed E-state index contributed by atoms with van der Waals surface area (Å²) >= 11 is 0. The van der Waals surface area contributed by atoms with Crippen LogP contribution in [0.25, 0.3) is 16.0 Å². The highest BCUT2D eigenvalue weighted by Crippen LogP contribution is 2.35. The van der Waals surface area contributed by atoms with Crippen LogP contribution in [-0.2, 0) is 4.74 Å². The van der Waals surface area contributed by atoms with Gasteiger partial charge in [0, 0.05) is 11.3 Å². The normalized spacial score (nSPS) is 10.4. The minimum absolute atomic E-state index is 0.125. The summed E-state index contributed by atoms with van der Waals surface area (Å²) in [6.07, 6.45) is 0. The molecule has 1 N–H and O–H groups in total. The van der Waals surface area contributed by atoms with Crippen molar-refractivity contribution in [3.63, 3.8) is 0 Å². The number of aromatic amines is 1. The molecule has 0 saturated heterocycles. The van der Waals surface area contributed by atoms with Crippen molar-refractivity contribution in [1.29, 1.82) is 0 Å². The molecule has 0 radical (unpaired) electrons. The molecule has 0 spiro atoms. The largest absolute Gasteiger partial charge is 0.465 e. The van der Waals surface area contributed by atoms with Crippen molar-refractivity contribution in [3.05, 3.63) is 63.1 Å². The van der Waals surface area contributed by atoms with Crippen molar-refractivity contribution in [2.75, 3.05) is 7.11 Å². The lowest BCUT2D eigenvalue weighted by Gasteiger charge is -2.17. The molecule has 0 amide bonds. The number of carbonyl (C=O) groups excluding carboxylic acids is 1. The monoisotopic (exact) mass is 314 g/mol. The van der Waals surface area contributed by atoms with Crippen molar-refractivity contribution in [1.82, 2.24) is 4.98 Å². The summed E-state index contributed by atoms with van der Waals surface area (Å²) in [6, 6.07) is 5.27. The van der Waals surface area contributed by atoms with Crippen LogP contribution in [0.1, 0.15) is 35.8 Å². The van der Waals surface area contributed by atoms with E-state index in [0.29, 0.717) is 11.3 Å². The molecule has 1 aromatic carbocycles. The fourth-order valence-electron chi connectivity index (χ4n) is 2.36. The van der Waals surface area contributed by atoms with Crippen molar-refractivity contribution in [2.24, 2.45) is 0 Å². The third-order valence-electron chi connectivity index (χ3n) is 3.43. The van der Waals surface area contributed by atoms with Crippen LogP contribution in [-0.4, -0.2) is 18.1 Å². The highest BCUT2D eigenvalue weighted by atomic mass is 19.1. The molecule has 0 atom stereocenters. The number of methoxy groups -OCH3 is 1. The minimum atomic E-state index is -0.658. The van der Waals surface area contributed by atoms with Crippen LogP contribution in [0.15, 0.2) is 29.1 Å². The van der Waals surface area contributed by atoms with E-state index in [1.807, 2.05) is 13.8 Å². The van der Waals surface area contributed by atoms with Gasteiger partial charge in [0.1, 0.15) is 5.82 Å². The second-order valence-electron chi connectivity index (χ2n) is 5.23. The quantitative estimate of drug-likeness (QED) is 0.695. The Bertz CT molecular complexity index is 846. The predicted molar refractivity (Wildman–Crippen MR) is 84.1 cm³/mol. The number of aromatic nitrogens is 1. The van der Waals surface area contributed by atoms with E-state index in [0.717, 1.165) is 0 Å². The molecular weight excluding hydrogens is 299 g/mol. The van der Waals surface area contributed by atoms with E-state index in [4.69, 9.17) is 11.3 Å². The highest BCUT2D eigenvalue weighted by Gasteiger charge is 2.26. The number of esters is 1. The predicted octanol–water partition coefficient (Wildman–Crippen LogP) is 3.64. The van der Waals surface area contributed by atoms with E-state index in [9.17, 15) is 14.0 Å². The van der Waals surface area contributed by atoms with Crippen LogP contribution in [0.3, 0.4) is 0 Å². The van der Waals surface area contributed by atoms with E-state index in [2.05, 4.69) is 9.83 Å². The maximum absolute atomic E-state index is 13.2. The van der Waals surface area contributed by atoms with Crippen molar-refractivity contribution >= 4 is 11.7 Å². The number of hydrogen-bond acceptors (Lipinski definition) is 3. The average molecular weight is 314 g/mol. The van der Waals surface area contributed by atoms with Gasteiger partial charge in [-0.15, -0.1) is 0 Å². The molecule has 0 saturated carbocycles. The van der Waals surface area contributed by atoms with Crippen LogP contribution in [0.5, 0.6) is 0 Å². The second kappa shape index (κ2) is 6.44. The number of halogens is 1. The van der Waals surface area contributed by atoms with Gasteiger partial charge in [0.25, 0.3) is 11.2 Å². The van der Waals surface area contributed by atoms with Gasteiger partial charge in [-0.3, -0.25) is 4.79 Å². The standard InChI is InChI=1S/C17H15FN2O3/c1-9(2)14-13(17(22)23-4)12(15(19-3)16(21)20-14)10-5-7-11(18)8-6-10/h5-9H,1-2,4H3,(H,20,21). The molecule has 2 rings (SSSR count). The minimum Gasteiger partial charge on any atom is -0.465 e. The van der Waals surface area contributed by atoms with Crippen LogP contribution in [0.4, 0.5) is 10.1 Å². The lowest BCUT2D eigenvalue weighted by atomic mass is 9.93. The van der Waals surface area contributed by atoms with Gasteiger partial charge in [-0.2, -0.15) is 0 Å². The van der Waals surface area contributed by atoms with Crippen LogP contribution in [0.2, 0.25) is 0 Å². The Hall–Kier alpha value is -2.94. The Morgan fingerprint density at radius 3 is 2.39 bits per heavy atom. The number of pyridine rings is 1. The first kappa shape index (κ1) is 16.4. The fraction of sp³-hybridized carbons (Fsp3) is 0.235. The van der Waals surface area contributed by atoms with E-state index in [-0.39, 0.29) is 22.7 Å². The topological polar surface area (TPSA) is 63.5 Å². The molecule has 5 nitrogen and oxygen atoms in total. The number of benzene rings is 1. The number of hydrogen-bond donors (Lipinski definition) is 1. The summed E-state index contributed by atoms with van der Waals surface area (Å²) in [6.45, 7) is 10.9. The molecule has 0 unspecified atom stereocenters. The highest BCUT2D eigenvalue weighted by molar-refractivity contribution is 6.02. The molecule has 118 valence electrons. The van der Waals surface area contributed by atoms with Gasteiger partial charge in [0.15, 0.2) is 0 Å². The molecule has 1 aromatic heterocycles. The van der Waals surface area contributed by atoms with Crippen molar-refractivity contribution in [2.45, 2.75) is 19.8 Å². The first-order valence-electron chi connectivity index (χ1n) is 6.92.